The molecule has 2 aromatic heterocycles. The number of H-pyrrole nitrogens is 1. The van der Waals surface area contributed by atoms with Crippen LogP contribution in [0.15, 0.2) is 29.3 Å². The topological polar surface area (TPSA) is 101 Å². The Kier molecular flexibility index (Phi) is 5.43. The molecule has 158 valence electrons. The fourth-order valence-corrected chi connectivity index (χ4v) is 3.79. The van der Waals surface area contributed by atoms with Gasteiger partial charge in [0.05, 0.1) is 12.9 Å². The monoisotopic (exact) mass is 411 g/mol. The largest absolute Gasteiger partial charge is 0.450 e. The lowest BCUT2D eigenvalue weighted by Crippen LogP contribution is -2.50. The summed E-state index contributed by atoms with van der Waals surface area (Å²) in [5.74, 6) is -0.0437. The zero-order chi connectivity index (χ0) is 21.3. The highest BCUT2D eigenvalue weighted by atomic mass is 16.6. The predicted octanol–water partition coefficient (Wildman–Crippen LogP) is 1.88. The molecule has 4 rings (SSSR count). The number of ether oxygens (including phenoxy) is 1. The van der Waals surface area contributed by atoms with Gasteiger partial charge >= 0.3 is 6.09 Å². The number of nitrogens with zero attached hydrogens (tertiary/aromatic N) is 4. The number of nitrogens with one attached hydrogen (secondary N) is 1. The van der Waals surface area contributed by atoms with E-state index in [1.165, 1.54) is 10.9 Å². The van der Waals surface area contributed by atoms with Crippen LogP contribution in [0.3, 0.4) is 0 Å². The van der Waals surface area contributed by atoms with E-state index in [-0.39, 0.29) is 30.5 Å². The number of hydrogen-bond donors (Lipinski definition) is 1. The van der Waals surface area contributed by atoms with Gasteiger partial charge in [-0.05, 0) is 26.0 Å². The smallest absolute Gasteiger partial charge is 0.409 e. The lowest BCUT2D eigenvalue weighted by molar-refractivity contribution is -0.133. The molecule has 0 saturated carbocycles. The summed E-state index contributed by atoms with van der Waals surface area (Å²) in [4.78, 5) is 48.1. The van der Waals surface area contributed by atoms with E-state index in [4.69, 9.17) is 4.74 Å². The molecule has 2 amide bonds. The summed E-state index contributed by atoms with van der Waals surface area (Å²) in [6.45, 7) is 6.18. The number of hydrogen-bond acceptors (Lipinski definition) is 5. The standard InChI is InChI=1S/C21H25N5O4/c1-3-30-21(29)25-10-8-24(9-11-25)17(27)6-7-26-13-22-18-15-12-14(2)4-5-16(15)23-19(18)20(26)28/h4-5,12-13,23H,3,6-11H2,1-2H3. The van der Waals surface area contributed by atoms with E-state index in [0.717, 1.165) is 16.5 Å². The minimum absolute atomic E-state index is 0.0437. The molecule has 0 atom stereocenters. The minimum Gasteiger partial charge on any atom is -0.450 e. The van der Waals surface area contributed by atoms with Crippen molar-refractivity contribution in [3.63, 3.8) is 0 Å². The molecule has 1 aliphatic rings. The van der Waals surface area contributed by atoms with Crippen molar-refractivity contribution in [2.45, 2.75) is 26.8 Å². The number of piperazine rings is 1. The van der Waals surface area contributed by atoms with Gasteiger partial charge in [0.25, 0.3) is 5.56 Å². The molecular weight excluding hydrogens is 386 g/mol. The van der Waals surface area contributed by atoms with E-state index < -0.39 is 0 Å². The molecule has 1 saturated heterocycles. The van der Waals surface area contributed by atoms with Crippen LogP contribution in [0.5, 0.6) is 0 Å². The Morgan fingerprint density at radius 3 is 2.63 bits per heavy atom. The third kappa shape index (κ3) is 3.74. The Morgan fingerprint density at radius 2 is 1.90 bits per heavy atom. The second-order valence-electron chi connectivity index (χ2n) is 7.46. The molecule has 0 aliphatic carbocycles. The molecule has 1 aromatic carbocycles. The van der Waals surface area contributed by atoms with Gasteiger partial charge in [-0.2, -0.15) is 0 Å². The molecule has 30 heavy (non-hydrogen) atoms. The first-order valence-electron chi connectivity index (χ1n) is 10.1. The SMILES string of the molecule is CCOC(=O)N1CCN(C(=O)CCn2cnc3c([nH]c4ccc(C)cc43)c2=O)CC1. The Balaban J connectivity index is 1.42. The number of aromatic amines is 1. The zero-order valence-electron chi connectivity index (χ0n) is 17.2. The number of rotatable bonds is 4. The quantitative estimate of drug-likeness (QED) is 0.706. The van der Waals surface area contributed by atoms with Gasteiger partial charge in [0.15, 0.2) is 0 Å². The summed E-state index contributed by atoms with van der Waals surface area (Å²) in [5.41, 5.74) is 2.88. The number of amides is 2. The van der Waals surface area contributed by atoms with E-state index in [2.05, 4.69) is 9.97 Å². The molecule has 1 N–H and O–H groups in total. The summed E-state index contributed by atoms with van der Waals surface area (Å²) in [6.07, 6.45) is 1.36. The average molecular weight is 411 g/mol. The van der Waals surface area contributed by atoms with E-state index in [1.54, 1.807) is 16.7 Å². The van der Waals surface area contributed by atoms with Crippen LogP contribution in [-0.2, 0) is 16.1 Å². The number of aryl methyl sites for hydroxylation is 2. The van der Waals surface area contributed by atoms with Crippen molar-refractivity contribution in [1.29, 1.82) is 0 Å². The van der Waals surface area contributed by atoms with Gasteiger partial charge in [-0.3, -0.25) is 14.2 Å². The van der Waals surface area contributed by atoms with Crippen LogP contribution >= 0.6 is 0 Å². The lowest BCUT2D eigenvalue weighted by atomic mass is 10.2. The molecule has 0 spiro atoms. The van der Waals surface area contributed by atoms with Crippen LogP contribution in [0, 0.1) is 6.92 Å². The van der Waals surface area contributed by atoms with Crippen LogP contribution in [-0.4, -0.2) is 69.1 Å². The number of benzene rings is 1. The van der Waals surface area contributed by atoms with Crippen molar-refractivity contribution in [2.24, 2.45) is 0 Å². The summed E-state index contributed by atoms with van der Waals surface area (Å²) in [5, 5.41) is 0.921. The molecule has 0 radical (unpaired) electrons. The van der Waals surface area contributed by atoms with Gasteiger partial charge in [-0.1, -0.05) is 11.6 Å². The van der Waals surface area contributed by atoms with E-state index in [1.807, 2.05) is 25.1 Å². The van der Waals surface area contributed by atoms with E-state index in [9.17, 15) is 14.4 Å². The maximum absolute atomic E-state index is 12.9. The van der Waals surface area contributed by atoms with Crippen LogP contribution in [0.2, 0.25) is 0 Å². The highest BCUT2D eigenvalue weighted by Gasteiger charge is 2.24. The van der Waals surface area contributed by atoms with Crippen LogP contribution in [0.25, 0.3) is 21.9 Å². The highest BCUT2D eigenvalue weighted by molar-refractivity contribution is 6.04. The van der Waals surface area contributed by atoms with Gasteiger partial charge in [0, 0.05) is 50.0 Å². The Hall–Kier alpha value is -3.36. The zero-order valence-corrected chi connectivity index (χ0v) is 17.2. The van der Waals surface area contributed by atoms with Crippen LogP contribution in [0.1, 0.15) is 18.9 Å². The summed E-state index contributed by atoms with van der Waals surface area (Å²) in [6, 6.07) is 5.93. The fraction of sp³-hybridized carbons (Fsp3) is 0.429. The van der Waals surface area contributed by atoms with Crippen molar-refractivity contribution < 1.29 is 14.3 Å². The van der Waals surface area contributed by atoms with E-state index in [0.29, 0.717) is 43.8 Å². The Bertz CT molecular complexity index is 1160. The van der Waals surface area contributed by atoms with Gasteiger partial charge in [-0.25, -0.2) is 9.78 Å². The maximum Gasteiger partial charge on any atom is 0.409 e. The number of aromatic nitrogens is 3. The average Bonchev–Trinajstić information content (AvgIpc) is 3.12. The van der Waals surface area contributed by atoms with Crippen molar-refractivity contribution in [2.75, 3.05) is 32.8 Å². The minimum atomic E-state index is -0.343. The fourth-order valence-electron chi connectivity index (χ4n) is 3.79. The van der Waals surface area contributed by atoms with Crippen molar-refractivity contribution in [3.8, 4) is 0 Å². The molecule has 3 heterocycles. The lowest BCUT2D eigenvalue weighted by Gasteiger charge is -2.34. The number of carbonyl (C=O) groups is 2. The first kappa shape index (κ1) is 19.9. The van der Waals surface area contributed by atoms with Crippen molar-refractivity contribution in [1.82, 2.24) is 24.3 Å². The second-order valence-corrected chi connectivity index (χ2v) is 7.46. The van der Waals surface area contributed by atoms with Gasteiger partial charge in [0.2, 0.25) is 5.91 Å². The van der Waals surface area contributed by atoms with Crippen molar-refractivity contribution >= 4 is 33.9 Å². The second kappa shape index (κ2) is 8.17. The normalized spacial score (nSPS) is 14.5. The Labute approximate surface area is 173 Å². The summed E-state index contributed by atoms with van der Waals surface area (Å²) in [7, 11) is 0. The molecule has 1 aliphatic heterocycles. The highest BCUT2D eigenvalue weighted by Crippen LogP contribution is 2.22. The first-order valence-corrected chi connectivity index (χ1v) is 10.1. The van der Waals surface area contributed by atoms with Crippen molar-refractivity contribution in [3.05, 3.63) is 40.4 Å². The molecule has 3 aromatic rings. The molecule has 0 bridgehead atoms. The Morgan fingerprint density at radius 1 is 1.17 bits per heavy atom. The van der Waals surface area contributed by atoms with Gasteiger partial charge < -0.3 is 19.5 Å². The maximum atomic E-state index is 12.9. The van der Waals surface area contributed by atoms with Crippen LogP contribution in [0.4, 0.5) is 4.79 Å². The third-order valence-corrected chi connectivity index (χ3v) is 5.45. The van der Waals surface area contributed by atoms with Gasteiger partial charge in [-0.15, -0.1) is 0 Å². The summed E-state index contributed by atoms with van der Waals surface area (Å²) < 4.78 is 6.46. The first-order chi connectivity index (χ1) is 14.5. The van der Waals surface area contributed by atoms with Gasteiger partial charge in [0.1, 0.15) is 11.0 Å². The van der Waals surface area contributed by atoms with E-state index >= 15 is 0 Å². The molecule has 0 unspecified atom stereocenters. The third-order valence-electron chi connectivity index (χ3n) is 5.45. The summed E-state index contributed by atoms with van der Waals surface area (Å²) >= 11 is 0. The molecule has 1 fully saturated rings. The molecule has 9 heteroatoms. The number of carbonyl (C=O) groups excluding carboxylic acids is 2. The molecule has 9 nitrogen and oxygen atoms in total. The van der Waals surface area contributed by atoms with Crippen LogP contribution < -0.4 is 5.56 Å². The predicted molar refractivity (Wildman–Crippen MR) is 112 cm³/mol. The molecular formula is C21H25N5O4. The number of fused-ring (bicyclic) bond motifs is 3.